The third kappa shape index (κ3) is 2.98. The molecule has 0 bridgehead atoms. The molecule has 5 nitrogen and oxygen atoms in total. The van der Waals surface area contributed by atoms with Gasteiger partial charge < -0.3 is 20.5 Å². The molecule has 104 valence electrons. The Kier molecular flexibility index (Phi) is 4.27. The number of nitrogen functional groups attached to an aromatic ring is 1. The second-order valence-corrected chi connectivity index (χ2v) is 4.74. The number of nitrogens with one attached hydrogen (secondary N) is 1. The van der Waals surface area contributed by atoms with Crippen LogP contribution >= 0.6 is 0 Å². The van der Waals surface area contributed by atoms with Gasteiger partial charge in [-0.25, -0.2) is 0 Å². The normalized spacial score (nSPS) is 20.0. The van der Waals surface area contributed by atoms with Crippen molar-refractivity contribution in [2.24, 2.45) is 0 Å². The molecule has 0 spiro atoms. The molecule has 1 aliphatic rings. The molecule has 0 saturated carbocycles. The molecule has 19 heavy (non-hydrogen) atoms. The van der Waals surface area contributed by atoms with E-state index in [0.717, 1.165) is 19.4 Å². The highest BCUT2D eigenvalue weighted by Gasteiger charge is 2.25. The summed E-state index contributed by atoms with van der Waals surface area (Å²) in [4.78, 5) is 12.3. The van der Waals surface area contributed by atoms with Crippen molar-refractivity contribution >= 4 is 11.6 Å². The number of anilines is 1. The first-order chi connectivity index (χ1) is 9.13. The summed E-state index contributed by atoms with van der Waals surface area (Å²) < 4.78 is 10.7. The van der Waals surface area contributed by atoms with Gasteiger partial charge in [0.15, 0.2) is 0 Å². The van der Waals surface area contributed by atoms with E-state index in [2.05, 4.69) is 5.32 Å². The highest BCUT2D eigenvalue weighted by molar-refractivity contribution is 6.02. The molecule has 2 unspecified atom stereocenters. The SMILES string of the molecule is COc1cccc(N)c1C(=O)NC(C)C1CCCO1. The van der Waals surface area contributed by atoms with Crippen molar-refractivity contribution in [1.29, 1.82) is 0 Å². The van der Waals surface area contributed by atoms with E-state index in [-0.39, 0.29) is 18.1 Å². The molecule has 1 aromatic carbocycles. The van der Waals surface area contributed by atoms with Crippen LogP contribution in [0.4, 0.5) is 5.69 Å². The average molecular weight is 264 g/mol. The highest BCUT2D eigenvalue weighted by atomic mass is 16.5. The van der Waals surface area contributed by atoms with Crippen LogP contribution < -0.4 is 15.8 Å². The Labute approximate surface area is 113 Å². The lowest BCUT2D eigenvalue weighted by Crippen LogP contribution is -2.41. The minimum Gasteiger partial charge on any atom is -0.496 e. The van der Waals surface area contributed by atoms with E-state index in [1.54, 1.807) is 18.2 Å². The van der Waals surface area contributed by atoms with Gasteiger partial charge in [-0.1, -0.05) is 6.07 Å². The van der Waals surface area contributed by atoms with Gasteiger partial charge in [0, 0.05) is 12.3 Å². The van der Waals surface area contributed by atoms with Crippen LogP contribution in [0.15, 0.2) is 18.2 Å². The van der Waals surface area contributed by atoms with Crippen LogP contribution in [-0.4, -0.2) is 31.8 Å². The fourth-order valence-electron chi connectivity index (χ4n) is 2.33. The van der Waals surface area contributed by atoms with Gasteiger partial charge in [-0.2, -0.15) is 0 Å². The second-order valence-electron chi connectivity index (χ2n) is 4.74. The predicted molar refractivity (Wildman–Crippen MR) is 73.3 cm³/mol. The highest BCUT2D eigenvalue weighted by Crippen LogP contribution is 2.24. The molecule has 1 heterocycles. The van der Waals surface area contributed by atoms with Crippen LogP contribution in [0.25, 0.3) is 0 Å². The summed E-state index contributed by atoms with van der Waals surface area (Å²) in [5.41, 5.74) is 6.65. The van der Waals surface area contributed by atoms with Gasteiger partial charge in [0.25, 0.3) is 5.91 Å². The molecule has 1 saturated heterocycles. The van der Waals surface area contributed by atoms with E-state index < -0.39 is 0 Å². The summed E-state index contributed by atoms with van der Waals surface area (Å²) in [6.07, 6.45) is 2.10. The van der Waals surface area contributed by atoms with Gasteiger partial charge in [0.05, 0.1) is 19.3 Å². The van der Waals surface area contributed by atoms with E-state index in [1.165, 1.54) is 7.11 Å². The van der Waals surface area contributed by atoms with Gasteiger partial charge in [0.1, 0.15) is 11.3 Å². The number of nitrogens with two attached hydrogens (primary N) is 1. The predicted octanol–water partition coefficient (Wildman–Crippen LogP) is 1.57. The van der Waals surface area contributed by atoms with Crippen LogP contribution in [0.2, 0.25) is 0 Å². The summed E-state index contributed by atoms with van der Waals surface area (Å²) in [7, 11) is 1.52. The molecule has 5 heteroatoms. The summed E-state index contributed by atoms with van der Waals surface area (Å²) >= 11 is 0. The number of carbonyl (C=O) groups excluding carboxylic acids is 1. The lowest BCUT2D eigenvalue weighted by Gasteiger charge is -2.21. The van der Waals surface area contributed by atoms with Crippen molar-refractivity contribution in [3.8, 4) is 5.75 Å². The summed E-state index contributed by atoms with van der Waals surface area (Å²) in [5, 5.41) is 2.93. The van der Waals surface area contributed by atoms with Crippen molar-refractivity contribution in [2.45, 2.75) is 31.9 Å². The van der Waals surface area contributed by atoms with Crippen LogP contribution in [0.5, 0.6) is 5.75 Å². The molecule has 0 aliphatic carbocycles. The van der Waals surface area contributed by atoms with E-state index in [0.29, 0.717) is 17.0 Å². The first-order valence-electron chi connectivity index (χ1n) is 6.48. The molecule has 1 amide bonds. The number of methoxy groups -OCH3 is 1. The minimum atomic E-state index is -0.224. The first kappa shape index (κ1) is 13.7. The van der Waals surface area contributed by atoms with Gasteiger partial charge in [-0.05, 0) is 31.9 Å². The van der Waals surface area contributed by atoms with E-state index in [1.807, 2.05) is 6.92 Å². The first-order valence-corrected chi connectivity index (χ1v) is 6.48. The number of benzene rings is 1. The van der Waals surface area contributed by atoms with E-state index >= 15 is 0 Å². The fourth-order valence-corrected chi connectivity index (χ4v) is 2.33. The molecule has 2 atom stereocenters. The molecule has 1 fully saturated rings. The fraction of sp³-hybridized carbons (Fsp3) is 0.500. The number of amides is 1. The zero-order chi connectivity index (χ0) is 13.8. The van der Waals surface area contributed by atoms with Crippen molar-refractivity contribution < 1.29 is 14.3 Å². The zero-order valence-corrected chi connectivity index (χ0v) is 11.3. The molecule has 0 aromatic heterocycles. The van der Waals surface area contributed by atoms with Gasteiger partial charge >= 0.3 is 0 Å². The van der Waals surface area contributed by atoms with Crippen molar-refractivity contribution in [3.05, 3.63) is 23.8 Å². The van der Waals surface area contributed by atoms with Gasteiger partial charge in [-0.15, -0.1) is 0 Å². The lowest BCUT2D eigenvalue weighted by atomic mass is 10.1. The maximum absolute atomic E-state index is 12.3. The molecular weight excluding hydrogens is 244 g/mol. The smallest absolute Gasteiger partial charge is 0.257 e. The number of hydrogen-bond donors (Lipinski definition) is 2. The van der Waals surface area contributed by atoms with Crippen LogP contribution in [-0.2, 0) is 4.74 Å². The molecule has 2 rings (SSSR count). The second kappa shape index (κ2) is 5.93. The maximum atomic E-state index is 12.3. The number of rotatable bonds is 4. The van der Waals surface area contributed by atoms with Gasteiger partial charge in [0.2, 0.25) is 0 Å². The van der Waals surface area contributed by atoms with Crippen molar-refractivity contribution in [2.75, 3.05) is 19.5 Å². The Morgan fingerprint density at radius 1 is 1.58 bits per heavy atom. The van der Waals surface area contributed by atoms with Crippen LogP contribution in [0.1, 0.15) is 30.1 Å². The minimum absolute atomic E-state index is 0.0423. The van der Waals surface area contributed by atoms with Crippen molar-refractivity contribution in [3.63, 3.8) is 0 Å². The van der Waals surface area contributed by atoms with Crippen LogP contribution in [0, 0.1) is 0 Å². The van der Waals surface area contributed by atoms with Crippen molar-refractivity contribution in [1.82, 2.24) is 5.32 Å². The standard InChI is InChI=1S/C14H20N2O3/c1-9(11-7-4-8-19-11)16-14(17)13-10(15)5-3-6-12(13)18-2/h3,5-6,9,11H,4,7-8,15H2,1-2H3,(H,16,17). The number of carbonyl (C=O) groups is 1. The quantitative estimate of drug-likeness (QED) is 0.810. The topological polar surface area (TPSA) is 73.6 Å². The molecular formula is C14H20N2O3. The molecule has 3 N–H and O–H groups in total. The molecule has 1 aromatic rings. The monoisotopic (exact) mass is 264 g/mol. The summed E-state index contributed by atoms with van der Waals surface area (Å²) in [5.74, 6) is 0.259. The number of hydrogen-bond acceptors (Lipinski definition) is 4. The Morgan fingerprint density at radius 3 is 3.00 bits per heavy atom. The van der Waals surface area contributed by atoms with Gasteiger partial charge in [-0.3, -0.25) is 4.79 Å². The molecule has 1 aliphatic heterocycles. The molecule has 0 radical (unpaired) electrons. The van der Waals surface area contributed by atoms with E-state index in [9.17, 15) is 4.79 Å². The maximum Gasteiger partial charge on any atom is 0.257 e. The third-order valence-corrected chi connectivity index (χ3v) is 3.39. The zero-order valence-electron chi connectivity index (χ0n) is 11.3. The average Bonchev–Trinajstić information content (AvgIpc) is 2.92. The Balaban J connectivity index is 2.11. The summed E-state index contributed by atoms with van der Waals surface area (Å²) in [6, 6.07) is 5.13. The van der Waals surface area contributed by atoms with Crippen LogP contribution in [0.3, 0.4) is 0 Å². The Hall–Kier alpha value is -1.75. The largest absolute Gasteiger partial charge is 0.496 e. The number of ether oxygens (including phenoxy) is 2. The Bertz CT molecular complexity index is 456. The third-order valence-electron chi connectivity index (χ3n) is 3.39. The summed E-state index contributed by atoms with van der Waals surface area (Å²) in [6.45, 7) is 2.71. The lowest BCUT2D eigenvalue weighted by molar-refractivity contribution is 0.0711. The van der Waals surface area contributed by atoms with E-state index in [4.69, 9.17) is 15.2 Å². The Morgan fingerprint density at radius 2 is 2.37 bits per heavy atom.